The van der Waals surface area contributed by atoms with E-state index in [2.05, 4.69) is 42.0 Å². The van der Waals surface area contributed by atoms with E-state index in [9.17, 15) is 13.2 Å². The summed E-state index contributed by atoms with van der Waals surface area (Å²) in [4.78, 5) is 12.6. The van der Waals surface area contributed by atoms with Crippen LogP contribution in [0.25, 0.3) is 0 Å². The van der Waals surface area contributed by atoms with Crippen LogP contribution in [0.2, 0.25) is 0 Å². The Bertz CT molecular complexity index is 1010. The lowest BCUT2D eigenvalue weighted by atomic mass is 9.86. The summed E-state index contributed by atoms with van der Waals surface area (Å²) >= 11 is 3.48. The van der Waals surface area contributed by atoms with Crippen LogP contribution in [0, 0.1) is 0 Å². The van der Waals surface area contributed by atoms with Crippen molar-refractivity contribution < 1.29 is 17.9 Å². The van der Waals surface area contributed by atoms with Crippen LogP contribution < -0.4 is 10.1 Å². The Morgan fingerprint density at radius 2 is 1.62 bits per heavy atom. The predicted molar refractivity (Wildman–Crippen MR) is 133 cm³/mol. The highest BCUT2D eigenvalue weighted by Gasteiger charge is 2.23. The summed E-state index contributed by atoms with van der Waals surface area (Å²) in [6.45, 7) is 11.0. The molecule has 0 saturated heterocycles. The van der Waals surface area contributed by atoms with Crippen LogP contribution in [0.1, 0.15) is 53.0 Å². The highest BCUT2D eigenvalue weighted by molar-refractivity contribution is 9.10. The Hall–Kier alpha value is -1.90. The van der Waals surface area contributed by atoms with Gasteiger partial charge in [0, 0.05) is 28.8 Å². The average Bonchev–Trinajstić information content (AvgIpc) is 2.72. The number of hydrogen-bond donors (Lipinski definition) is 1. The van der Waals surface area contributed by atoms with Crippen molar-refractivity contribution in [2.45, 2.75) is 57.8 Å². The first kappa shape index (κ1) is 26.4. The second-order valence-corrected chi connectivity index (χ2v) is 11.5. The van der Waals surface area contributed by atoms with Crippen LogP contribution in [0.4, 0.5) is 5.69 Å². The van der Waals surface area contributed by atoms with Gasteiger partial charge in [-0.15, -0.1) is 0 Å². The molecule has 1 N–H and O–H groups in total. The molecule has 0 spiro atoms. The molecule has 0 aliphatic heterocycles. The average molecular weight is 526 g/mol. The third-order valence-corrected chi connectivity index (χ3v) is 7.24. The van der Waals surface area contributed by atoms with Crippen LogP contribution in [0.5, 0.6) is 5.75 Å². The topological polar surface area (TPSA) is 75.7 Å². The zero-order valence-electron chi connectivity index (χ0n) is 19.4. The molecule has 0 atom stereocenters. The van der Waals surface area contributed by atoms with Crippen molar-refractivity contribution >= 4 is 37.5 Å². The standard InChI is InChI=1S/C24H33BrN2O4S/c1-6-14-27(15-7-2)32(29,30)20-11-9-19(10-12-20)26-23(28)17-31-22-13-8-18(25)16-21(22)24(3,4)5/h8-13,16H,6-7,14-15,17H2,1-5H3,(H,26,28). The maximum Gasteiger partial charge on any atom is 0.262 e. The molecule has 32 heavy (non-hydrogen) atoms. The Morgan fingerprint density at radius 1 is 1.03 bits per heavy atom. The first-order valence-electron chi connectivity index (χ1n) is 10.8. The fourth-order valence-electron chi connectivity index (χ4n) is 3.26. The summed E-state index contributed by atoms with van der Waals surface area (Å²) < 4.78 is 33.9. The van der Waals surface area contributed by atoms with E-state index in [1.54, 1.807) is 12.1 Å². The number of nitrogens with one attached hydrogen (secondary N) is 1. The molecule has 8 heteroatoms. The molecule has 0 fully saturated rings. The molecule has 0 radical (unpaired) electrons. The molecule has 2 rings (SSSR count). The fourth-order valence-corrected chi connectivity index (χ4v) is 5.25. The minimum Gasteiger partial charge on any atom is -0.483 e. The number of halogens is 1. The van der Waals surface area contributed by atoms with Crippen molar-refractivity contribution in [1.82, 2.24) is 4.31 Å². The van der Waals surface area contributed by atoms with E-state index in [0.29, 0.717) is 24.5 Å². The Labute approximate surface area is 200 Å². The molecule has 0 heterocycles. The molecule has 0 saturated carbocycles. The van der Waals surface area contributed by atoms with Gasteiger partial charge in [-0.3, -0.25) is 4.79 Å². The van der Waals surface area contributed by atoms with Gasteiger partial charge >= 0.3 is 0 Å². The van der Waals surface area contributed by atoms with E-state index in [4.69, 9.17) is 4.74 Å². The van der Waals surface area contributed by atoms with Gasteiger partial charge in [-0.05, 0) is 60.7 Å². The second kappa shape index (κ2) is 11.3. The summed E-state index contributed by atoms with van der Waals surface area (Å²) in [6.07, 6.45) is 1.51. The molecule has 0 aliphatic carbocycles. The number of hydrogen-bond acceptors (Lipinski definition) is 4. The molecule has 6 nitrogen and oxygen atoms in total. The lowest BCUT2D eigenvalue weighted by Crippen LogP contribution is -2.32. The zero-order chi connectivity index (χ0) is 23.9. The summed E-state index contributed by atoms with van der Waals surface area (Å²) in [5, 5.41) is 2.76. The van der Waals surface area contributed by atoms with Gasteiger partial charge in [0.25, 0.3) is 5.91 Å². The van der Waals surface area contributed by atoms with Gasteiger partial charge in [-0.2, -0.15) is 4.31 Å². The van der Waals surface area contributed by atoms with E-state index in [1.807, 2.05) is 32.0 Å². The van der Waals surface area contributed by atoms with E-state index < -0.39 is 10.0 Å². The predicted octanol–water partition coefficient (Wildman–Crippen LogP) is 5.57. The van der Waals surface area contributed by atoms with Crippen molar-refractivity contribution in [2.75, 3.05) is 25.0 Å². The van der Waals surface area contributed by atoms with Gasteiger partial charge in [0.15, 0.2) is 6.61 Å². The number of rotatable bonds is 10. The Kier molecular flexibility index (Phi) is 9.30. The van der Waals surface area contributed by atoms with Crippen LogP contribution in [-0.2, 0) is 20.2 Å². The Balaban J connectivity index is 2.05. The second-order valence-electron chi connectivity index (χ2n) is 8.66. The van der Waals surface area contributed by atoms with Crippen molar-refractivity contribution in [3.63, 3.8) is 0 Å². The number of carbonyl (C=O) groups excluding carboxylic acids is 1. The molecule has 1 amide bonds. The summed E-state index contributed by atoms with van der Waals surface area (Å²) in [5.41, 5.74) is 1.38. The van der Waals surface area contributed by atoms with Crippen LogP contribution in [0.15, 0.2) is 51.8 Å². The number of benzene rings is 2. The van der Waals surface area contributed by atoms with Crippen molar-refractivity contribution in [3.8, 4) is 5.75 Å². The van der Waals surface area contributed by atoms with Gasteiger partial charge in [0.1, 0.15) is 5.75 Å². The number of sulfonamides is 1. The number of nitrogens with zero attached hydrogens (tertiary/aromatic N) is 1. The molecule has 0 aliphatic rings. The van der Waals surface area contributed by atoms with Gasteiger partial charge in [0.05, 0.1) is 4.90 Å². The largest absolute Gasteiger partial charge is 0.483 e. The van der Waals surface area contributed by atoms with Gasteiger partial charge in [0.2, 0.25) is 10.0 Å². The maximum atomic E-state index is 12.9. The summed E-state index contributed by atoms with van der Waals surface area (Å²) in [5.74, 6) is 0.339. The smallest absolute Gasteiger partial charge is 0.262 e. The van der Waals surface area contributed by atoms with E-state index in [0.717, 1.165) is 22.9 Å². The number of ether oxygens (including phenoxy) is 1. The number of anilines is 1. The van der Waals surface area contributed by atoms with Crippen molar-refractivity contribution in [3.05, 3.63) is 52.5 Å². The third-order valence-electron chi connectivity index (χ3n) is 4.83. The zero-order valence-corrected chi connectivity index (χ0v) is 21.8. The Morgan fingerprint density at radius 3 is 2.16 bits per heavy atom. The minimum atomic E-state index is -3.55. The quantitative estimate of drug-likeness (QED) is 0.440. The molecule has 2 aromatic carbocycles. The van der Waals surface area contributed by atoms with Gasteiger partial charge in [-0.1, -0.05) is 50.5 Å². The van der Waals surface area contributed by atoms with E-state index >= 15 is 0 Å². The van der Waals surface area contributed by atoms with Crippen molar-refractivity contribution in [2.24, 2.45) is 0 Å². The fraction of sp³-hybridized carbons (Fsp3) is 0.458. The highest BCUT2D eigenvalue weighted by atomic mass is 79.9. The molecule has 176 valence electrons. The molecule has 0 unspecified atom stereocenters. The third kappa shape index (κ3) is 7.05. The lowest BCUT2D eigenvalue weighted by Gasteiger charge is -2.23. The SMILES string of the molecule is CCCN(CCC)S(=O)(=O)c1ccc(NC(=O)COc2ccc(Br)cc2C(C)(C)C)cc1. The molecule has 2 aromatic rings. The van der Waals surface area contributed by atoms with Crippen molar-refractivity contribution in [1.29, 1.82) is 0 Å². The van der Waals surface area contributed by atoms with E-state index in [-0.39, 0.29) is 22.8 Å². The monoisotopic (exact) mass is 524 g/mol. The highest BCUT2D eigenvalue weighted by Crippen LogP contribution is 2.33. The van der Waals surface area contributed by atoms with Gasteiger partial charge < -0.3 is 10.1 Å². The van der Waals surface area contributed by atoms with Crippen LogP contribution in [0.3, 0.4) is 0 Å². The molecular formula is C24H33BrN2O4S. The first-order chi connectivity index (χ1) is 15.0. The normalized spacial score (nSPS) is 12.1. The maximum absolute atomic E-state index is 12.9. The minimum absolute atomic E-state index is 0.139. The lowest BCUT2D eigenvalue weighted by molar-refractivity contribution is -0.118. The van der Waals surface area contributed by atoms with E-state index in [1.165, 1.54) is 16.4 Å². The molecule has 0 bridgehead atoms. The van der Waals surface area contributed by atoms with Gasteiger partial charge in [-0.25, -0.2) is 8.42 Å². The molecular weight excluding hydrogens is 492 g/mol. The number of carbonyl (C=O) groups is 1. The summed E-state index contributed by atoms with van der Waals surface area (Å²) in [6, 6.07) is 12.0. The molecule has 0 aromatic heterocycles. The van der Waals surface area contributed by atoms with Crippen LogP contribution in [-0.4, -0.2) is 38.3 Å². The van der Waals surface area contributed by atoms with Crippen LogP contribution >= 0.6 is 15.9 Å². The first-order valence-corrected chi connectivity index (χ1v) is 13.0. The number of amides is 1. The summed E-state index contributed by atoms with van der Waals surface area (Å²) in [7, 11) is -3.55.